The molecule has 24 heavy (non-hydrogen) atoms. The molecule has 0 aliphatic carbocycles. The van der Waals surface area contributed by atoms with E-state index >= 15 is 0 Å². The van der Waals surface area contributed by atoms with Crippen LogP contribution in [0, 0.1) is 6.92 Å². The zero-order valence-corrected chi connectivity index (χ0v) is 14.6. The lowest BCUT2D eigenvalue weighted by atomic mass is 10.2. The number of amides is 1. The van der Waals surface area contributed by atoms with Crippen molar-refractivity contribution in [1.29, 1.82) is 0 Å². The van der Waals surface area contributed by atoms with Crippen molar-refractivity contribution in [3.8, 4) is 0 Å². The third-order valence-corrected chi connectivity index (χ3v) is 4.78. The van der Waals surface area contributed by atoms with Crippen LogP contribution in [0.15, 0.2) is 4.52 Å². The summed E-state index contributed by atoms with van der Waals surface area (Å²) in [4.78, 5) is 21.0. The van der Waals surface area contributed by atoms with E-state index in [0.29, 0.717) is 30.7 Å². The van der Waals surface area contributed by atoms with E-state index in [1.807, 2.05) is 4.90 Å². The van der Waals surface area contributed by atoms with Gasteiger partial charge in [0.15, 0.2) is 5.82 Å². The lowest BCUT2D eigenvalue weighted by molar-refractivity contribution is -0.131. The normalized spacial score (nSPS) is 22.7. The Bertz CT molecular complexity index is 528. The standard InChI is InChI=1S/C17H28N4O3/c1-14-18-16(24-19-14)6-2-7-17(22)21-9-4-8-20(10-11-21)13-15-5-3-12-23-15/h15H,2-13H2,1H3/t15-/m1/s1. The fraction of sp³-hybridized carbons (Fsp3) is 0.824. The van der Waals surface area contributed by atoms with Gasteiger partial charge in [0.25, 0.3) is 0 Å². The third kappa shape index (κ3) is 5.01. The molecule has 0 radical (unpaired) electrons. The van der Waals surface area contributed by atoms with Gasteiger partial charge in [-0.15, -0.1) is 0 Å². The van der Waals surface area contributed by atoms with Gasteiger partial charge < -0.3 is 14.2 Å². The monoisotopic (exact) mass is 336 g/mol. The van der Waals surface area contributed by atoms with Gasteiger partial charge in [-0.05, 0) is 39.2 Å². The van der Waals surface area contributed by atoms with Crippen molar-refractivity contribution in [2.24, 2.45) is 0 Å². The first kappa shape index (κ1) is 17.4. The molecule has 0 saturated carbocycles. The molecule has 1 aromatic heterocycles. The van der Waals surface area contributed by atoms with E-state index in [4.69, 9.17) is 9.26 Å². The van der Waals surface area contributed by atoms with Gasteiger partial charge in [0.2, 0.25) is 11.8 Å². The van der Waals surface area contributed by atoms with Gasteiger partial charge in [0, 0.05) is 45.6 Å². The predicted octanol–water partition coefficient (Wildman–Crippen LogP) is 1.41. The Kier molecular flexibility index (Phi) is 6.20. The SMILES string of the molecule is Cc1noc(CCCC(=O)N2CCCN(C[C@H]3CCCO3)CC2)n1. The quantitative estimate of drug-likeness (QED) is 0.782. The summed E-state index contributed by atoms with van der Waals surface area (Å²) >= 11 is 0. The smallest absolute Gasteiger partial charge is 0.226 e. The summed E-state index contributed by atoms with van der Waals surface area (Å²) in [5, 5.41) is 3.77. The van der Waals surface area contributed by atoms with E-state index in [9.17, 15) is 4.79 Å². The van der Waals surface area contributed by atoms with Crippen molar-refractivity contribution < 1.29 is 14.1 Å². The molecular weight excluding hydrogens is 308 g/mol. The Morgan fingerprint density at radius 3 is 2.92 bits per heavy atom. The van der Waals surface area contributed by atoms with E-state index in [0.717, 1.165) is 52.2 Å². The number of hydrogen-bond donors (Lipinski definition) is 0. The zero-order valence-electron chi connectivity index (χ0n) is 14.6. The maximum absolute atomic E-state index is 12.4. The third-order valence-electron chi connectivity index (χ3n) is 4.78. The minimum atomic E-state index is 0.241. The lowest BCUT2D eigenvalue weighted by Gasteiger charge is -2.24. The number of aromatic nitrogens is 2. The molecule has 2 aliphatic rings. The van der Waals surface area contributed by atoms with Crippen LogP contribution in [-0.2, 0) is 16.0 Å². The maximum atomic E-state index is 12.4. The molecule has 1 aromatic rings. The van der Waals surface area contributed by atoms with Crippen molar-refractivity contribution in [2.45, 2.75) is 51.6 Å². The summed E-state index contributed by atoms with van der Waals surface area (Å²) in [6.07, 6.45) is 5.78. The Morgan fingerprint density at radius 2 is 2.17 bits per heavy atom. The number of ether oxygens (including phenoxy) is 1. The van der Waals surface area contributed by atoms with Gasteiger partial charge >= 0.3 is 0 Å². The van der Waals surface area contributed by atoms with Gasteiger partial charge in [-0.1, -0.05) is 5.16 Å². The van der Waals surface area contributed by atoms with Crippen LogP contribution in [0.5, 0.6) is 0 Å². The minimum Gasteiger partial charge on any atom is -0.377 e. The molecule has 2 saturated heterocycles. The summed E-state index contributed by atoms with van der Waals surface area (Å²) in [5.41, 5.74) is 0. The Hall–Kier alpha value is -1.47. The van der Waals surface area contributed by atoms with Crippen LogP contribution in [0.2, 0.25) is 0 Å². The number of nitrogens with zero attached hydrogens (tertiary/aromatic N) is 4. The highest BCUT2D eigenvalue weighted by Gasteiger charge is 2.23. The van der Waals surface area contributed by atoms with Crippen molar-refractivity contribution in [3.05, 3.63) is 11.7 Å². The molecule has 2 fully saturated rings. The van der Waals surface area contributed by atoms with Crippen LogP contribution in [0.1, 0.15) is 43.8 Å². The second-order valence-electron chi connectivity index (χ2n) is 6.76. The molecule has 7 nitrogen and oxygen atoms in total. The molecule has 3 heterocycles. The van der Waals surface area contributed by atoms with Crippen LogP contribution < -0.4 is 0 Å². The lowest BCUT2D eigenvalue weighted by Crippen LogP contribution is -2.37. The molecule has 0 spiro atoms. The summed E-state index contributed by atoms with van der Waals surface area (Å²) < 4.78 is 10.8. The molecule has 0 aromatic carbocycles. The summed E-state index contributed by atoms with van der Waals surface area (Å²) in [6, 6.07) is 0. The van der Waals surface area contributed by atoms with Gasteiger partial charge in [0.1, 0.15) is 0 Å². The molecule has 1 atom stereocenters. The van der Waals surface area contributed by atoms with E-state index in [1.165, 1.54) is 12.8 Å². The van der Waals surface area contributed by atoms with Crippen molar-refractivity contribution >= 4 is 5.91 Å². The highest BCUT2D eigenvalue weighted by molar-refractivity contribution is 5.76. The van der Waals surface area contributed by atoms with Gasteiger partial charge in [-0.2, -0.15) is 4.98 Å². The molecule has 3 rings (SSSR count). The Balaban J connectivity index is 1.37. The predicted molar refractivity (Wildman–Crippen MR) is 88.6 cm³/mol. The molecular formula is C17H28N4O3. The first-order valence-electron chi connectivity index (χ1n) is 9.11. The molecule has 0 N–H and O–H groups in total. The first-order valence-corrected chi connectivity index (χ1v) is 9.11. The van der Waals surface area contributed by atoms with Crippen LogP contribution in [0.4, 0.5) is 0 Å². The van der Waals surface area contributed by atoms with Gasteiger partial charge in [-0.25, -0.2) is 0 Å². The summed E-state index contributed by atoms with van der Waals surface area (Å²) in [6.45, 7) is 7.42. The largest absolute Gasteiger partial charge is 0.377 e. The molecule has 134 valence electrons. The minimum absolute atomic E-state index is 0.241. The second-order valence-corrected chi connectivity index (χ2v) is 6.76. The fourth-order valence-electron chi connectivity index (χ4n) is 3.47. The highest BCUT2D eigenvalue weighted by Crippen LogP contribution is 2.15. The Labute approximate surface area is 143 Å². The number of rotatable bonds is 6. The molecule has 7 heteroatoms. The molecule has 0 unspecified atom stereocenters. The van der Waals surface area contributed by atoms with Crippen LogP contribution >= 0.6 is 0 Å². The number of hydrogen-bond acceptors (Lipinski definition) is 6. The average Bonchev–Trinajstić information content (AvgIpc) is 3.15. The van der Waals surface area contributed by atoms with Crippen LogP contribution in [0.25, 0.3) is 0 Å². The van der Waals surface area contributed by atoms with E-state index in [-0.39, 0.29) is 5.91 Å². The van der Waals surface area contributed by atoms with E-state index in [1.54, 1.807) is 6.92 Å². The maximum Gasteiger partial charge on any atom is 0.226 e. The summed E-state index contributed by atoms with van der Waals surface area (Å²) in [7, 11) is 0. The molecule has 2 aliphatic heterocycles. The van der Waals surface area contributed by atoms with Crippen molar-refractivity contribution in [2.75, 3.05) is 39.3 Å². The van der Waals surface area contributed by atoms with Gasteiger partial charge in [0.05, 0.1) is 6.10 Å². The Morgan fingerprint density at radius 1 is 1.25 bits per heavy atom. The number of carbonyl (C=O) groups is 1. The number of aryl methyl sites for hydroxylation is 2. The average molecular weight is 336 g/mol. The summed E-state index contributed by atoms with van der Waals surface area (Å²) in [5.74, 6) is 1.51. The number of carbonyl (C=O) groups excluding carboxylic acids is 1. The molecule has 1 amide bonds. The second kappa shape index (κ2) is 8.58. The van der Waals surface area contributed by atoms with Crippen molar-refractivity contribution in [1.82, 2.24) is 19.9 Å². The fourth-order valence-corrected chi connectivity index (χ4v) is 3.47. The van der Waals surface area contributed by atoms with Gasteiger partial charge in [-0.3, -0.25) is 9.69 Å². The highest BCUT2D eigenvalue weighted by atomic mass is 16.5. The van der Waals surface area contributed by atoms with Crippen molar-refractivity contribution in [3.63, 3.8) is 0 Å². The van der Waals surface area contributed by atoms with Crippen LogP contribution in [-0.4, -0.2) is 71.3 Å². The van der Waals surface area contributed by atoms with E-state index in [2.05, 4.69) is 15.0 Å². The first-order chi connectivity index (χ1) is 11.7. The molecule has 0 bridgehead atoms. The van der Waals surface area contributed by atoms with E-state index < -0.39 is 0 Å². The zero-order chi connectivity index (χ0) is 16.8. The van der Waals surface area contributed by atoms with Crippen LogP contribution in [0.3, 0.4) is 0 Å². The topological polar surface area (TPSA) is 71.7 Å².